The first-order valence-electron chi connectivity index (χ1n) is 25.1. The molecule has 1 saturated heterocycles. The van der Waals surface area contributed by atoms with Crippen molar-refractivity contribution in [3.63, 3.8) is 0 Å². The number of carbonyl (C=O) groups is 1. The van der Waals surface area contributed by atoms with E-state index in [1.165, 1.54) is 0 Å². The van der Waals surface area contributed by atoms with Gasteiger partial charge in [0.05, 0.1) is 25.4 Å². The second-order valence-corrected chi connectivity index (χ2v) is 16.5. The number of hydrogen-bond acceptors (Lipinski definition) is 8. The van der Waals surface area contributed by atoms with Crippen LogP contribution in [0.3, 0.4) is 0 Å². The van der Waals surface area contributed by atoms with Gasteiger partial charge in [-0.1, -0.05) is 185 Å². The van der Waals surface area contributed by atoms with Crippen molar-refractivity contribution >= 4 is 5.91 Å². The first kappa shape index (κ1) is 60.1. The van der Waals surface area contributed by atoms with Crippen LogP contribution < -0.4 is 5.32 Å². The number of unbranched alkanes of at least 4 members (excludes halogenated alkanes) is 7. The predicted molar refractivity (Wildman–Crippen MR) is 276 cm³/mol. The number of nitrogens with one attached hydrogen (secondary N) is 1. The van der Waals surface area contributed by atoms with E-state index in [4.69, 9.17) is 9.47 Å². The molecule has 1 rings (SSSR count). The molecule has 1 amide bonds. The fourth-order valence-corrected chi connectivity index (χ4v) is 6.65. The van der Waals surface area contributed by atoms with E-state index in [1.54, 1.807) is 6.08 Å². The third-order valence-electron chi connectivity index (χ3n) is 10.6. The fourth-order valence-electron chi connectivity index (χ4n) is 6.65. The number of rotatable bonds is 39. The summed E-state index contributed by atoms with van der Waals surface area (Å²) in [6.07, 6.45) is 63.6. The first-order valence-corrected chi connectivity index (χ1v) is 25.1. The van der Waals surface area contributed by atoms with Crippen LogP contribution in [0.1, 0.15) is 149 Å². The van der Waals surface area contributed by atoms with Gasteiger partial charge in [0.2, 0.25) is 5.91 Å². The lowest BCUT2D eigenvalue weighted by Crippen LogP contribution is -2.60. The smallest absolute Gasteiger partial charge is 0.220 e. The largest absolute Gasteiger partial charge is 0.394 e. The van der Waals surface area contributed by atoms with E-state index in [2.05, 4.69) is 153 Å². The lowest BCUT2D eigenvalue weighted by atomic mass is 9.99. The molecule has 66 heavy (non-hydrogen) atoms. The third-order valence-corrected chi connectivity index (χ3v) is 10.6. The van der Waals surface area contributed by atoms with Crippen LogP contribution in [0.25, 0.3) is 0 Å². The maximum atomic E-state index is 12.9. The van der Waals surface area contributed by atoms with E-state index < -0.39 is 49.5 Å². The summed E-state index contributed by atoms with van der Waals surface area (Å²) in [6, 6.07) is -0.844. The molecule has 1 aliphatic heterocycles. The number of aliphatic hydroxyl groups is 5. The topological polar surface area (TPSA) is 149 Å². The van der Waals surface area contributed by atoms with Gasteiger partial charge >= 0.3 is 0 Å². The molecule has 7 atom stereocenters. The van der Waals surface area contributed by atoms with E-state index in [0.29, 0.717) is 12.8 Å². The van der Waals surface area contributed by atoms with Gasteiger partial charge in [0.1, 0.15) is 24.4 Å². The Morgan fingerprint density at radius 2 is 0.955 bits per heavy atom. The minimum absolute atomic E-state index is 0.223. The summed E-state index contributed by atoms with van der Waals surface area (Å²) in [5.41, 5.74) is 0. The average molecular weight is 916 g/mol. The number of amides is 1. The highest BCUT2D eigenvalue weighted by molar-refractivity contribution is 5.76. The average Bonchev–Trinajstić information content (AvgIpc) is 3.32. The van der Waals surface area contributed by atoms with Crippen LogP contribution in [0, 0.1) is 0 Å². The molecule has 6 N–H and O–H groups in total. The summed E-state index contributed by atoms with van der Waals surface area (Å²) < 4.78 is 11.1. The van der Waals surface area contributed by atoms with Gasteiger partial charge in [0.15, 0.2) is 6.29 Å². The van der Waals surface area contributed by atoms with Crippen molar-refractivity contribution in [1.29, 1.82) is 0 Å². The van der Waals surface area contributed by atoms with Gasteiger partial charge in [-0.3, -0.25) is 4.79 Å². The summed E-state index contributed by atoms with van der Waals surface area (Å²) in [7, 11) is 0. The zero-order valence-electron chi connectivity index (χ0n) is 40.6. The van der Waals surface area contributed by atoms with Gasteiger partial charge in [-0.2, -0.15) is 0 Å². The highest BCUT2D eigenvalue weighted by Crippen LogP contribution is 2.22. The normalized spacial score (nSPS) is 21.1. The SMILES string of the molecule is CC/C=C\C/C=C\C/C=C\C/C=C\C/C=C\C/C=C\C/C=C\C/C=C\C/C=C\C/C=C\CCCCCCC(=O)NC(COC1OC(CO)C(O)C(O)C1O)C(O)/C=C/CC/C=C/CCCC. The van der Waals surface area contributed by atoms with Gasteiger partial charge in [0.25, 0.3) is 0 Å². The molecule has 9 nitrogen and oxygen atoms in total. The highest BCUT2D eigenvalue weighted by Gasteiger charge is 2.44. The summed E-state index contributed by atoms with van der Waals surface area (Å²) in [6.45, 7) is 3.51. The van der Waals surface area contributed by atoms with Crippen molar-refractivity contribution in [2.75, 3.05) is 13.2 Å². The maximum Gasteiger partial charge on any atom is 0.220 e. The highest BCUT2D eigenvalue weighted by atomic mass is 16.7. The zero-order chi connectivity index (χ0) is 48.0. The Balaban J connectivity index is 2.21. The molecule has 7 unspecified atom stereocenters. The molecule has 0 spiro atoms. The number of aliphatic hydroxyl groups excluding tert-OH is 5. The van der Waals surface area contributed by atoms with Crippen LogP contribution in [-0.2, 0) is 14.3 Å². The van der Waals surface area contributed by atoms with Crippen LogP contribution in [0.4, 0.5) is 0 Å². The van der Waals surface area contributed by atoms with Crippen LogP contribution in [-0.4, -0.2) is 87.5 Å². The molecule has 9 heteroatoms. The first-order chi connectivity index (χ1) is 32.3. The molecule has 0 radical (unpaired) electrons. The molecule has 370 valence electrons. The van der Waals surface area contributed by atoms with Crippen molar-refractivity contribution < 1.29 is 39.8 Å². The second-order valence-electron chi connectivity index (χ2n) is 16.5. The van der Waals surface area contributed by atoms with E-state index >= 15 is 0 Å². The summed E-state index contributed by atoms with van der Waals surface area (Å²) >= 11 is 0. The second kappa shape index (κ2) is 44.9. The molecule has 0 aliphatic carbocycles. The van der Waals surface area contributed by atoms with E-state index in [0.717, 1.165) is 122 Å². The number of allylic oxidation sites excluding steroid dienone is 23. The maximum absolute atomic E-state index is 12.9. The molecule has 1 aliphatic rings. The van der Waals surface area contributed by atoms with Crippen molar-refractivity contribution in [3.8, 4) is 0 Å². The standard InChI is InChI=1S/C57H89NO8/c1-3-5-7-9-11-13-14-15-16-17-18-19-20-21-22-23-24-25-26-27-28-29-30-31-32-33-34-35-36-37-38-39-41-43-45-47-53(61)58-50(51(60)46-44-42-40-12-10-8-6-4-2)49-65-57-56(64)55(63)54(62)52(48-59)66-57/h5,7,10-13,15-16,18-19,21-22,24-25,27-28,30-31,33-34,36-37,44,46,50-52,54-57,59-60,62-64H,3-4,6,8-9,14,17,20,23,26,29,32,35,38-43,45,47-49H2,1-2H3,(H,58,61)/b7-5-,12-10+,13-11-,16-15-,19-18-,22-21-,25-24-,28-27-,31-30-,34-33-,37-36-,46-44+. The number of hydrogen-bond donors (Lipinski definition) is 6. The monoisotopic (exact) mass is 916 g/mol. The van der Waals surface area contributed by atoms with Crippen molar-refractivity contribution in [2.45, 2.75) is 192 Å². The Morgan fingerprint density at radius 3 is 1.44 bits per heavy atom. The van der Waals surface area contributed by atoms with Crippen molar-refractivity contribution in [3.05, 3.63) is 146 Å². The predicted octanol–water partition coefficient (Wildman–Crippen LogP) is 11.6. The minimum Gasteiger partial charge on any atom is -0.394 e. The fraction of sp³-hybridized carbons (Fsp3) is 0.561. The Labute approximate surface area is 400 Å². The van der Waals surface area contributed by atoms with Crippen LogP contribution >= 0.6 is 0 Å². The Bertz CT molecular complexity index is 1530. The van der Waals surface area contributed by atoms with Gasteiger partial charge in [-0.25, -0.2) is 0 Å². The summed E-state index contributed by atoms with van der Waals surface area (Å²) in [5.74, 6) is -0.224. The molecule has 0 bridgehead atoms. The molecule has 1 fully saturated rings. The lowest BCUT2D eigenvalue weighted by molar-refractivity contribution is -0.302. The molecule has 0 aromatic heterocycles. The zero-order valence-corrected chi connectivity index (χ0v) is 40.6. The summed E-state index contributed by atoms with van der Waals surface area (Å²) in [4.78, 5) is 12.9. The van der Waals surface area contributed by atoms with Gasteiger partial charge in [0, 0.05) is 6.42 Å². The Morgan fingerprint density at radius 1 is 0.530 bits per heavy atom. The van der Waals surface area contributed by atoms with Crippen LogP contribution in [0.15, 0.2) is 146 Å². The van der Waals surface area contributed by atoms with Gasteiger partial charge in [-0.15, -0.1) is 0 Å². The molecular formula is C57H89NO8. The Hall–Kier alpha value is -3.93. The molecule has 1 heterocycles. The molecular weight excluding hydrogens is 827 g/mol. The molecule has 0 saturated carbocycles. The number of ether oxygens (including phenoxy) is 2. The minimum atomic E-state index is -1.58. The van der Waals surface area contributed by atoms with E-state index in [1.807, 2.05) is 6.08 Å². The molecule has 0 aromatic carbocycles. The van der Waals surface area contributed by atoms with Gasteiger partial charge in [-0.05, 0) is 103 Å². The van der Waals surface area contributed by atoms with Gasteiger partial charge < -0.3 is 40.3 Å². The van der Waals surface area contributed by atoms with E-state index in [-0.39, 0.29) is 12.5 Å². The Kier molecular flexibility index (Phi) is 40.9. The third kappa shape index (κ3) is 34.4. The molecule has 0 aromatic rings. The summed E-state index contributed by atoms with van der Waals surface area (Å²) in [5, 5.41) is 53.9. The quantitative estimate of drug-likeness (QED) is 0.0264. The lowest BCUT2D eigenvalue weighted by Gasteiger charge is -2.40. The van der Waals surface area contributed by atoms with Crippen molar-refractivity contribution in [1.82, 2.24) is 5.32 Å². The van der Waals surface area contributed by atoms with E-state index in [9.17, 15) is 30.3 Å². The van der Waals surface area contributed by atoms with Crippen molar-refractivity contribution in [2.24, 2.45) is 0 Å². The van der Waals surface area contributed by atoms with Crippen LogP contribution in [0.2, 0.25) is 0 Å². The van der Waals surface area contributed by atoms with Crippen LogP contribution in [0.5, 0.6) is 0 Å². The number of carbonyl (C=O) groups excluding carboxylic acids is 1.